The summed E-state index contributed by atoms with van der Waals surface area (Å²) in [5.41, 5.74) is 5.46. The number of fused-ring (bicyclic) bond motifs is 1. The van der Waals surface area contributed by atoms with Crippen LogP contribution in [-0.2, 0) is 6.42 Å². The second-order valence-corrected chi connectivity index (χ2v) is 8.74. The number of ether oxygens (including phenoxy) is 1. The topological polar surface area (TPSA) is 12.5 Å². The summed E-state index contributed by atoms with van der Waals surface area (Å²) in [4.78, 5) is 2.56. The summed E-state index contributed by atoms with van der Waals surface area (Å²) in [5.74, 6) is 1.30. The molecule has 0 aliphatic carbocycles. The number of hydrogen-bond donors (Lipinski definition) is 0. The minimum atomic E-state index is 0.357. The van der Waals surface area contributed by atoms with Crippen molar-refractivity contribution in [3.8, 4) is 5.75 Å². The highest BCUT2D eigenvalue weighted by molar-refractivity contribution is 14.1. The van der Waals surface area contributed by atoms with Gasteiger partial charge in [-0.3, -0.25) is 4.90 Å². The van der Waals surface area contributed by atoms with Gasteiger partial charge in [-0.2, -0.15) is 0 Å². The van der Waals surface area contributed by atoms with E-state index in [1.165, 1.54) is 25.8 Å². The predicted molar refractivity (Wildman–Crippen MR) is 130 cm³/mol. The van der Waals surface area contributed by atoms with E-state index >= 15 is 0 Å². The molecule has 3 aromatic rings. The molecule has 0 N–H and O–H groups in total. The Balaban J connectivity index is 1.57. The zero-order chi connectivity index (χ0) is 20.1. The van der Waals surface area contributed by atoms with Gasteiger partial charge in [-0.05, 0) is 75.5 Å². The highest BCUT2D eigenvalue weighted by atomic mass is 127. The molecular formula is C26H26INO. The van der Waals surface area contributed by atoms with Crippen molar-refractivity contribution < 1.29 is 4.74 Å². The molecule has 0 fully saturated rings. The fourth-order valence-electron chi connectivity index (χ4n) is 4.03. The van der Waals surface area contributed by atoms with E-state index in [0.717, 1.165) is 31.8 Å². The van der Waals surface area contributed by atoms with Crippen LogP contribution in [-0.4, -0.2) is 31.6 Å². The normalized spacial score (nSPS) is 17.1. The molecule has 0 spiro atoms. The van der Waals surface area contributed by atoms with Crippen molar-refractivity contribution in [3.63, 3.8) is 0 Å². The summed E-state index contributed by atoms with van der Waals surface area (Å²) in [6, 6.07) is 26.1. The largest absolute Gasteiger partial charge is 0.497 e. The molecule has 0 radical (unpaired) electrons. The van der Waals surface area contributed by atoms with E-state index in [-0.39, 0.29) is 0 Å². The van der Waals surface area contributed by atoms with Crippen LogP contribution in [0.4, 0.5) is 0 Å². The minimum absolute atomic E-state index is 0.357. The molecule has 0 saturated carbocycles. The van der Waals surface area contributed by atoms with Gasteiger partial charge in [0.25, 0.3) is 0 Å². The SMILES string of the molecule is COc1ccc2c(c1)C(c1ccccc1)CN(CC=Cc1ccc(I)cc1)CC2. The van der Waals surface area contributed by atoms with Gasteiger partial charge in [0.05, 0.1) is 7.11 Å². The molecule has 0 aromatic heterocycles. The maximum Gasteiger partial charge on any atom is 0.119 e. The first kappa shape index (κ1) is 20.2. The highest BCUT2D eigenvalue weighted by Gasteiger charge is 2.24. The van der Waals surface area contributed by atoms with Gasteiger partial charge in [0.15, 0.2) is 0 Å². The van der Waals surface area contributed by atoms with Crippen molar-refractivity contribution in [2.45, 2.75) is 12.3 Å². The molecule has 0 saturated heterocycles. The molecule has 148 valence electrons. The van der Waals surface area contributed by atoms with Crippen LogP contribution in [0.3, 0.4) is 0 Å². The Labute approximate surface area is 187 Å². The fourth-order valence-corrected chi connectivity index (χ4v) is 4.39. The van der Waals surface area contributed by atoms with E-state index in [0.29, 0.717) is 5.92 Å². The highest BCUT2D eigenvalue weighted by Crippen LogP contribution is 2.33. The first-order chi connectivity index (χ1) is 14.2. The lowest BCUT2D eigenvalue weighted by molar-refractivity contribution is 0.306. The summed E-state index contributed by atoms with van der Waals surface area (Å²) >= 11 is 2.35. The number of methoxy groups -OCH3 is 1. The summed E-state index contributed by atoms with van der Waals surface area (Å²) in [7, 11) is 1.75. The third kappa shape index (κ3) is 5.09. The number of nitrogens with zero attached hydrogens (tertiary/aromatic N) is 1. The Bertz CT molecular complexity index is 966. The van der Waals surface area contributed by atoms with Crippen LogP contribution in [0.15, 0.2) is 78.9 Å². The first-order valence-corrected chi connectivity index (χ1v) is 11.2. The Morgan fingerprint density at radius 2 is 1.83 bits per heavy atom. The van der Waals surface area contributed by atoms with Gasteiger partial charge in [-0.25, -0.2) is 0 Å². The minimum Gasteiger partial charge on any atom is -0.497 e. The average molecular weight is 495 g/mol. The zero-order valence-electron chi connectivity index (χ0n) is 16.7. The Kier molecular flexibility index (Phi) is 6.67. The number of benzene rings is 3. The average Bonchev–Trinajstić information content (AvgIpc) is 2.95. The van der Waals surface area contributed by atoms with Gasteiger partial charge in [0, 0.05) is 29.1 Å². The van der Waals surface area contributed by atoms with Crippen molar-refractivity contribution in [3.05, 3.63) is 105 Å². The quantitative estimate of drug-likeness (QED) is 0.403. The van der Waals surface area contributed by atoms with E-state index in [9.17, 15) is 0 Å². The van der Waals surface area contributed by atoms with E-state index in [2.05, 4.69) is 112 Å². The monoisotopic (exact) mass is 495 g/mol. The fraction of sp³-hybridized carbons (Fsp3) is 0.231. The van der Waals surface area contributed by atoms with Crippen molar-refractivity contribution >= 4 is 28.7 Å². The maximum atomic E-state index is 5.53. The summed E-state index contributed by atoms with van der Waals surface area (Å²) in [5, 5.41) is 0. The smallest absolute Gasteiger partial charge is 0.119 e. The molecule has 1 aliphatic heterocycles. The van der Waals surface area contributed by atoms with Gasteiger partial charge in [0.1, 0.15) is 5.75 Å². The van der Waals surface area contributed by atoms with Crippen LogP contribution in [0.2, 0.25) is 0 Å². The number of hydrogen-bond acceptors (Lipinski definition) is 2. The van der Waals surface area contributed by atoms with Gasteiger partial charge in [-0.15, -0.1) is 0 Å². The maximum absolute atomic E-state index is 5.53. The van der Waals surface area contributed by atoms with Crippen molar-refractivity contribution in [1.29, 1.82) is 0 Å². The van der Waals surface area contributed by atoms with E-state index in [4.69, 9.17) is 4.74 Å². The van der Waals surface area contributed by atoms with Crippen LogP contribution in [0.25, 0.3) is 6.08 Å². The summed E-state index contributed by atoms with van der Waals surface area (Å²) in [6.45, 7) is 3.04. The summed E-state index contributed by atoms with van der Waals surface area (Å²) in [6.07, 6.45) is 5.59. The third-order valence-electron chi connectivity index (χ3n) is 5.61. The molecule has 4 rings (SSSR count). The lowest BCUT2D eigenvalue weighted by atomic mass is 9.88. The lowest BCUT2D eigenvalue weighted by Gasteiger charge is -2.24. The van der Waals surface area contributed by atoms with Crippen molar-refractivity contribution in [2.75, 3.05) is 26.7 Å². The first-order valence-electron chi connectivity index (χ1n) is 10.1. The van der Waals surface area contributed by atoms with Crippen molar-refractivity contribution in [1.82, 2.24) is 4.90 Å². The Hall–Kier alpha value is -2.11. The van der Waals surface area contributed by atoms with Crippen LogP contribution in [0, 0.1) is 3.57 Å². The molecule has 1 unspecified atom stereocenters. The lowest BCUT2D eigenvalue weighted by Crippen LogP contribution is -2.29. The second kappa shape index (κ2) is 9.59. The number of halogens is 1. The van der Waals surface area contributed by atoms with E-state index in [1.54, 1.807) is 7.11 Å². The van der Waals surface area contributed by atoms with E-state index in [1.807, 2.05) is 0 Å². The number of rotatable bonds is 5. The molecule has 3 heteroatoms. The molecule has 3 aromatic carbocycles. The molecule has 0 amide bonds. The Morgan fingerprint density at radius 3 is 2.59 bits per heavy atom. The van der Waals surface area contributed by atoms with E-state index < -0.39 is 0 Å². The molecule has 1 atom stereocenters. The van der Waals surface area contributed by atoms with Gasteiger partial charge in [0.2, 0.25) is 0 Å². The molecule has 1 aliphatic rings. The van der Waals surface area contributed by atoms with Crippen LogP contribution < -0.4 is 4.74 Å². The predicted octanol–water partition coefficient (Wildman–Crippen LogP) is 6.00. The van der Waals surface area contributed by atoms with Crippen LogP contribution in [0.5, 0.6) is 5.75 Å². The van der Waals surface area contributed by atoms with Gasteiger partial charge >= 0.3 is 0 Å². The van der Waals surface area contributed by atoms with Crippen LogP contribution in [0.1, 0.15) is 28.2 Å². The molecule has 2 nitrogen and oxygen atoms in total. The zero-order valence-corrected chi connectivity index (χ0v) is 18.9. The second-order valence-electron chi connectivity index (χ2n) is 7.49. The molecule has 1 heterocycles. The van der Waals surface area contributed by atoms with Crippen LogP contribution >= 0.6 is 22.6 Å². The molecular weight excluding hydrogens is 469 g/mol. The molecule has 0 bridgehead atoms. The third-order valence-corrected chi connectivity index (χ3v) is 6.33. The van der Waals surface area contributed by atoms with Gasteiger partial charge < -0.3 is 4.74 Å². The summed E-state index contributed by atoms with van der Waals surface area (Å²) < 4.78 is 6.80. The van der Waals surface area contributed by atoms with Gasteiger partial charge in [-0.1, -0.05) is 60.7 Å². The standard InChI is InChI=1S/C26H26INO/c1-29-24-14-11-22-15-17-28(16-5-6-20-9-12-23(27)13-10-20)19-26(25(22)18-24)21-7-3-2-4-8-21/h2-14,18,26H,15-17,19H2,1H3. The Morgan fingerprint density at radius 1 is 1.03 bits per heavy atom. The molecule has 29 heavy (non-hydrogen) atoms. The van der Waals surface area contributed by atoms with Crippen molar-refractivity contribution in [2.24, 2.45) is 0 Å².